The summed E-state index contributed by atoms with van der Waals surface area (Å²) in [4.78, 5) is 28.8. The molecule has 1 amide bonds. The van der Waals surface area contributed by atoms with Gasteiger partial charge in [-0.05, 0) is 54.3 Å². The van der Waals surface area contributed by atoms with Crippen LogP contribution in [0.15, 0.2) is 78.9 Å². The Labute approximate surface area is 199 Å². The lowest BCUT2D eigenvalue weighted by Gasteiger charge is -2.24. The third-order valence-electron chi connectivity index (χ3n) is 6.82. The maximum Gasteiger partial charge on any atom is 0.264 e. The summed E-state index contributed by atoms with van der Waals surface area (Å²) in [5.41, 5.74) is 3.59. The van der Waals surface area contributed by atoms with Gasteiger partial charge in [0.05, 0.1) is 18.7 Å². The molecule has 4 nitrogen and oxygen atoms in total. The van der Waals surface area contributed by atoms with Crippen molar-refractivity contribution in [2.45, 2.75) is 39.3 Å². The van der Waals surface area contributed by atoms with E-state index in [9.17, 15) is 14.7 Å². The van der Waals surface area contributed by atoms with Crippen molar-refractivity contribution in [3.63, 3.8) is 0 Å². The van der Waals surface area contributed by atoms with E-state index in [1.165, 1.54) is 0 Å². The molecule has 0 fully saturated rings. The molecule has 1 atom stereocenters. The van der Waals surface area contributed by atoms with E-state index in [0.29, 0.717) is 23.4 Å². The van der Waals surface area contributed by atoms with E-state index in [4.69, 9.17) is 0 Å². The summed E-state index contributed by atoms with van der Waals surface area (Å²) in [5.74, 6) is -0.690. The van der Waals surface area contributed by atoms with Crippen LogP contribution in [-0.2, 0) is 16.9 Å². The molecule has 0 spiro atoms. The Kier molecular flexibility index (Phi) is 5.34. The molecular formula is C30H27NO3. The molecule has 34 heavy (non-hydrogen) atoms. The van der Waals surface area contributed by atoms with E-state index in [1.54, 1.807) is 17.0 Å². The zero-order valence-electron chi connectivity index (χ0n) is 19.6. The van der Waals surface area contributed by atoms with Gasteiger partial charge in [-0.25, -0.2) is 0 Å². The van der Waals surface area contributed by atoms with Crippen LogP contribution in [0, 0.1) is 20.8 Å². The Balaban J connectivity index is 1.53. The van der Waals surface area contributed by atoms with E-state index < -0.39 is 11.5 Å². The Bertz CT molecular complexity index is 1430. The largest absolute Gasteiger partial charge is 0.375 e. The van der Waals surface area contributed by atoms with Crippen molar-refractivity contribution in [2.75, 3.05) is 4.90 Å². The third-order valence-corrected chi connectivity index (χ3v) is 6.82. The minimum Gasteiger partial charge on any atom is -0.375 e. The first-order valence-electron chi connectivity index (χ1n) is 11.5. The third kappa shape index (κ3) is 3.51. The molecule has 0 unspecified atom stereocenters. The van der Waals surface area contributed by atoms with Crippen LogP contribution in [0.25, 0.3) is 10.8 Å². The first-order chi connectivity index (χ1) is 16.3. The first-order valence-corrected chi connectivity index (χ1v) is 11.5. The maximum atomic E-state index is 13.7. The molecular weight excluding hydrogens is 422 g/mol. The van der Waals surface area contributed by atoms with Crippen LogP contribution < -0.4 is 4.90 Å². The van der Waals surface area contributed by atoms with Crippen LogP contribution in [-0.4, -0.2) is 16.8 Å². The van der Waals surface area contributed by atoms with Crippen molar-refractivity contribution in [3.8, 4) is 0 Å². The van der Waals surface area contributed by atoms with Gasteiger partial charge in [0.1, 0.15) is 0 Å². The number of hydrogen-bond acceptors (Lipinski definition) is 3. The van der Waals surface area contributed by atoms with Crippen LogP contribution in [0.4, 0.5) is 5.69 Å². The highest BCUT2D eigenvalue weighted by Crippen LogP contribution is 2.44. The Morgan fingerprint density at radius 3 is 2.29 bits per heavy atom. The number of rotatable bonds is 5. The van der Waals surface area contributed by atoms with E-state index in [-0.39, 0.29) is 12.2 Å². The number of ketones is 1. The van der Waals surface area contributed by atoms with Gasteiger partial charge in [-0.2, -0.15) is 0 Å². The highest BCUT2D eigenvalue weighted by atomic mass is 16.3. The molecule has 4 aromatic rings. The summed E-state index contributed by atoms with van der Waals surface area (Å²) in [6, 6.07) is 25.2. The summed E-state index contributed by atoms with van der Waals surface area (Å²) in [5, 5.41) is 13.9. The zero-order valence-corrected chi connectivity index (χ0v) is 19.6. The summed E-state index contributed by atoms with van der Waals surface area (Å²) in [6.45, 7) is 6.10. The normalized spacial score (nSPS) is 17.3. The highest BCUT2D eigenvalue weighted by molar-refractivity contribution is 6.11. The van der Waals surface area contributed by atoms with Crippen LogP contribution >= 0.6 is 0 Å². The summed E-state index contributed by atoms with van der Waals surface area (Å²) < 4.78 is 0. The minimum atomic E-state index is -1.90. The van der Waals surface area contributed by atoms with E-state index in [1.807, 2.05) is 87.5 Å². The lowest BCUT2D eigenvalue weighted by atomic mass is 9.85. The molecule has 1 heterocycles. The van der Waals surface area contributed by atoms with Gasteiger partial charge < -0.3 is 10.0 Å². The Hall–Kier alpha value is -3.76. The number of nitrogens with zero attached hydrogens (tertiary/aromatic N) is 1. The standard InChI is InChI=1S/C30H27NO3/c1-19-15-20(2)28(21(3)16-19)27(32)17-30(34)25-13-6-7-14-26(25)31(29(30)33)18-23-11-8-10-22-9-4-5-12-24(22)23/h4-16,34H,17-18H2,1-3H3/t30-/m0/s1. The van der Waals surface area contributed by atoms with Gasteiger partial charge in [0.25, 0.3) is 5.91 Å². The lowest BCUT2D eigenvalue weighted by Crippen LogP contribution is -2.41. The zero-order chi connectivity index (χ0) is 24.0. The average molecular weight is 450 g/mol. The number of para-hydroxylation sites is 1. The molecule has 0 radical (unpaired) electrons. The first kappa shape index (κ1) is 22.1. The number of benzene rings is 4. The quantitative estimate of drug-likeness (QED) is 0.393. The van der Waals surface area contributed by atoms with Gasteiger partial charge in [-0.3, -0.25) is 9.59 Å². The Morgan fingerprint density at radius 1 is 0.882 bits per heavy atom. The lowest BCUT2D eigenvalue weighted by molar-refractivity contribution is -0.136. The highest BCUT2D eigenvalue weighted by Gasteiger charge is 2.51. The molecule has 0 aliphatic carbocycles. The van der Waals surface area contributed by atoms with Crippen molar-refractivity contribution < 1.29 is 14.7 Å². The van der Waals surface area contributed by atoms with Crippen LogP contribution in [0.5, 0.6) is 0 Å². The monoisotopic (exact) mass is 449 g/mol. The number of carbonyl (C=O) groups is 2. The second-order valence-corrected chi connectivity index (χ2v) is 9.28. The van der Waals surface area contributed by atoms with Crippen molar-refractivity contribution in [2.24, 2.45) is 0 Å². The number of aliphatic hydroxyl groups is 1. The molecule has 1 aliphatic heterocycles. The molecule has 0 aromatic heterocycles. The smallest absolute Gasteiger partial charge is 0.264 e. The van der Waals surface area contributed by atoms with Crippen molar-refractivity contribution in [1.29, 1.82) is 0 Å². The molecule has 0 saturated carbocycles. The fraction of sp³-hybridized carbons (Fsp3) is 0.200. The van der Waals surface area contributed by atoms with Crippen LogP contribution in [0.3, 0.4) is 0 Å². The minimum absolute atomic E-state index is 0.229. The molecule has 0 bridgehead atoms. The van der Waals surface area contributed by atoms with Gasteiger partial charge in [-0.1, -0.05) is 78.4 Å². The molecule has 1 N–H and O–H groups in total. The SMILES string of the molecule is Cc1cc(C)c(C(=O)C[C@@]2(O)C(=O)N(Cc3cccc4ccccc34)c3ccccc32)c(C)c1. The van der Waals surface area contributed by atoms with Crippen LogP contribution in [0.2, 0.25) is 0 Å². The number of hydrogen-bond donors (Lipinski definition) is 1. The number of carbonyl (C=O) groups excluding carboxylic acids is 2. The number of amides is 1. The molecule has 1 aliphatic rings. The van der Waals surface area contributed by atoms with Crippen LogP contribution in [0.1, 0.15) is 44.6 Å². The van der Waals surface area contributed by atoms with Gasteiger partial charge in [0, 0.05) is 11.1 Å². The average Bonchev–Trinajstić information content (AvgIpc) is 3.00. The molecule has 5 rings (SSSR count). The van der Waals surface area contributed by atoms with Crippen molar-refractivity contribution in [1.82, 2.24) is 0 Å². The number of fused-ring (bicyclic) bond motifs is 2. The van der Waals surface area contributed by atoms with Gasteiger partial charge in [-0.15, -0.1) is 0 Å². The number of aryl methyl sites for hydroxylation is 3. The topological polar surface area (TPSA) is 57.6 Å². The van der Waals surface area contributed by atoms with Gasteiger partial charge >= 0.3 is 0 Å². The van der Waals surface area contributed by atoms with E-state index in [2.05, 4.69) is 0 Å². The summed E-state index contributed by atoms with van der Waals surface area (Å²) in [7, 11) is 0. The number of anilines is 1. The predicted octanol–water partition coefficient (Wildman–Crippen LogP) is 5.77. The summed E-state index contributed by atoms with van der Waals surface area (Å²) in [6.07, 6.45) is -0.292. The predicted molar refractivity (Wildman–Crippen MR) is 135 cm³/mol. The fourth-order valence-corrected chi connectivity index (χ4v) is 5.38. The van der Waals surface area contributed by atoms with Gasteiger partial charge in [0.15, 0.2) is 11.4 Å². The van der Waals surface area contributed by atoms with E-state index >= 15 is 0 Å². The maximum absolute atomic E-state index is 13.7. The second-order valence-electron chi connectivity index (χ2n) is 9.28. The van der Waals surface area contributed by atoms with Crippen molar-refractivity contribution >= 4 is 28.2 Å². The fourth-order valence-electron chi connectivity index (χ4n) is 5.38. The van der Waals surface area contributed by atoms with E-state index in [0.717, 1.165) is 33.0 Å². The summed E-state index contributed by atoms with van der Waals surface area (Å²) >= 11 is 0. The second kappa shape index (κ2) is 8.23. The molecule has 0 saturated heterocycles. The van der Waals surface area contributed by atoms with Crippen molar-refractivity contribution in [3.05, 3.63) is 112 Å². The number of Topliss-reactive ketones (excluding diaryl/α,β-unsaturated/α-hetero) is 1. The molecule has 170 valence electrons. The molecule has 4 heteroatoms. The van der Waals surface area contributed by atoms with Gasteiger partial charge in [0.2, 0.25) is 0 Å². The Morgan fingerprint density at radius 2 is 1.53 bits per heavy atom. The molecule has 4 aromatic carbocycles.